The third-order valence-corrected chi connectivity index (χ3v) is 8.68. The molecule has 2 aromatic rings. The number of carbonyl (C=O) groups excluding carboxylic acids is 1. The predicted molar refractivity (Wildman–Crippen MR) is 137 cm³/mol. The lowest BCUT2D eigenvalue weighted by Crippen LogP contribution is -2.46. The Hall–Kier alpha value is -2.12. The van der Waals surface area contributed by atoms with Crippen molar-refractivity contribution in [3.05, 3.63) is 45.7 Å². The first-order valence-corrected chi connectivity index (χ1v) is 13.8. The van der Waals surface area contributed by atoms with E-state index in [9.17, 15) is 14.3 Å². The highest BCUT2D eigenvalue weighted by Crippen LogP contribution is 2.34. The first-order chi connectivity index (χ1) is 17.3. The number of halogens is 2. The molecule has 2 aliphatic carbocycles. The summed E-state index contributed by atoms with van der Waals surface area (Å²) in [6, 6.07) is 5.90. The number of benzene rings is 1. The number of aryl methyl sites for hydroxylation is 2. The fourth-order valence-corrected chi connectivity index (χ4v) is 6.17. The molecule has 1 aromatic heterocycles. The third-order valence-electron chi connectivity index (χ3n) is 8.36. The predicted octanol–water partition coefficient (Wildman–Crippen LogP) is 5.30. The van der Waals surface area contributed by atoms with Gasteiger partial charge in [-0.3, -0.25) is 9.48 Å². The van der Waals surface area contributed by atoms with Crippen LogP contribution in [-0.2, 0) is 19.4 Å². The second-order valence-electron chi connectivity index (χ2n) is 10.9. The SMILES string of the molecule is Cc1ccc(Cl)c(O[C@H]2CC[C@@H](CCn3nc(C(=O)N4CCC(F)(CO)CC4)c4c3CCC4)CC2)c1. The number of rotatable bonds is 7. The van der Waals surface area contributed by atoms with Gasteiger partial charge in [0.05, 0.1) is 17.7 Å². The molecule has 2 fully saturated rings. The molecule has 1 N–H and O–H groups in total. The van der Waals surface area contributed by atoms with E-state index in [4.69, 9.17) is 21.4 Å². The van der Waals surface area contributed by atoms with E-state index in [0.717, 1.165) is 74.8 Å². The van der Waals surface area contributed by atoms with Crippen molar-refractivity contribution in [2.45, 2.75) is 89.4 Å². The average Bonchev–Trinajstić information content (AvgIpc) is 3.49. The van der Waals surface area contributed by atoms with Gasteiger partial charge >= 0.3 is 0 Å². The van der Waals surface area contributed by atoms with Crippen LogP contribution in [-0.4, -0.2) is 57.2 Å². The Morgan fingerprint density at radius 2 is 1.97 bits per heavy atom. The number of amides is 1. The topological polar surface area (TPSA) is 67.6 Å². The van der Waals surface area contributed by atoms with Crippen LogP contribution < -0.4 is 4.74 Å². The zero-order valence-electron chi connectivity index (χ0n) is 21.1. The van der Waals surface area contributed by atoms with E-state index < -0.39 is 12.3 Å². The Morgan fingerprint density at radius 3 is 2.69 bits per heavy atom. The summed E-state index contributed by atoms with van der Waals surface area (Å²) < 4.78 is 22.7. The average molecular weight is 518 g/mol. The molecule has 0 unspecified atom stereocenters. The Labute approximate surface area is 217 Å². The quantitative estimate of drug-likeness (QED) is 0.541. The molecule has 196 valence electrons. The summed E-state index contributed by atoms with van der Waals surface area (Å²) in [6.07, 6.45) is 8.80. The molecule has 0 bridgehead atoms. The maximum absolute atomic E-state index is 14.4. The fraction of sp³-hybridized carbons (Fsp3) is 0.643. The van der Waals surface area contributed by atoms with Gasteiger partial charge in [0.15, 0.2) is 5.69 Å². The number of likely N-dealkylation sites (tertiary alicyclic amines) is 1. The van der Waals surface area contributed by atoms with Crippen LogP contribution >= 0.6 is 11.6 Å². The van der Waals surface area contributed by atoms with Gasteiger partial charge in [-0.2, -0.15) is 5.10 Å². The number of carbonyl (C=O) groups is 1. The molecule has 0 atom stereocenters. The van der Waals surface area contributed by atoms with Crippen LogP contribution in [0.1, 0.15) is 78.7 Å². The molecular weight excluding hydrogens is 481 g/mol. The van der Waals surface area contributed by atoms with Gasteiger partial charge in [-0.1, -0.05) is 17.7 Å². The standard InChI is InChI=1S/C28H37ClFN3O3/c1-19-5-10-23(29)25(17-19)36-21-8-6-20(7-9-21)11-14-33-24-4-2-3-22(24)26(31-33)27(35)32-15-12-28(30,18-34)13-16-32/h5,10,17,20-21,34H,2-4,6-9,11-16,18H2,1H3/t20-,21+. The molecule has 8 heteroatoms. The molecule has 5 rings (SSSR count). The van der Waals surface area contributed by atoms with E-state index in [-0.39, 0.29) is 24.9 Å². The molecule has 0 spiro atoms. The van der Waals surface area contributed by atoms with Gasteiger partial charge < -0.3 is 14.7 Å². The number of piperidine rings is 1. The fourth-order valence-electron chi connectivity index (χ4n) is 6.01. The van der Waals surface area contributed by atoms with Crippen molar-refractivity contribution in [1.29, 1.82) is 0 Å². The first-order valence-electron chi connectivity index (χ1n) is 13.5. The largest absolute Gasteiger partial charge is 0.489 e. The van der Waals surface area contributed by atoms with Crippen LogP contribution in [0, 0.1) is 12.8 Å². The van der Waals surface area contributed by atoms with E-state index in [1.54, 1.807) is 4.90 Å². The number of hydrogen-bond acceptors (Lipinski definition) is 4. The van der Waals surface area contributed by atoms with Crippen LogP contribution in [0.2, 0.25) is 5.02 Å². The molecule has 1 saturated heterocycles. The number of hydrogen-bond donors (Lipinski definition) is 1. The second-order valence-corrected chi connectivity index (χ2v) is 11.3. The maximum Gasteiger partial charge on any atom is 0.274 e. The van der Waals surface area contributed by atoms with Gasteiger partial charge in [0.1, 0.15) is 11.4 Å². The van der Waals surface area contributed by atoms with Gasteiger partial charge in [-0.25, -0.2) is 4.39 Å². The lowest BCUT2D eigenvalue weighted by atomic mass is 9.85. The van der Waals surface area contributed by atoms with Crippen LogP contribution in [0.5, 0.6) is 5.75 Å². The van der Waals surface area contributed by atoms with Crippen molar-refractivity contribution in [3.63, 3.8) is 0 Å². The molecule has 36 heavy (non-hydrogen) atoms. The molecular formula is C28H37ClFN3O3. The highest BCUT2D eigenvalue weighted by atomic mass is 35.5. The zero-order chi connectivity index (χ0) is 25.3. The minimum absolute atomic E-state index is 0.0839. The first kappa shape index (κ1) is 25.5. The molecule has 1 amide bonds. The summed E-state index contributed by atoms with van der Waals surface area (Å²) in [4.78, 5) is 15.0. The Bertz CT molecular complexity index is 1090. The van der Waals surface area contributed by atoms with Gasteiger partial charge in [-0.15, -0.1) is 0 Å². The number of fused-ring (bicyclic) bond motifs is 1. The molecule has 1 aromatic carbocycles. The van der Waals surface area contributed by atoms with Gasteiger partial charge in [0, 0.05) is 43.7 Å². The van der Waals surface area contributed by atoms with Gasteiger partial charge in [0.25, 0.3) is 5.91 Å². The monoisotopic (exact) mass is 517 g/mol. The summed E-state index contributed by atoms with van der Waals surface area (Å²) in [7, 11) is 0. The van der Waals surface area contributed by atoms with Gasteiger partial charge in [0.2, 0.25) is 0 Å². The van der Waals surface area contributed by atoms with Crippen molar-refractivity contribution in [2.75, 3.05) is 19.7 Å². The van der Waals surface area contributed by atoms with E-state index in [2.05, 4.69) is 4.68 Å². The molecule has 1 saturated carbocycles. The maximum atomic E-state index is 14.4. The van der Waals surface area contributed by atoms with Crippen LogP contribution in [0.25, 0.3) is 0 Å². The Morgan fingerprint density at radius 1 is 1.22 bits per heavy atom. The van der Waals surface area contributed by atoms with Crippen molar-refractivity contribution in [1.82, 2.24) is 14.7 Å². The van der Waals surface area contributed by atoms with Crippen molar-refractivity contribution in [3.8, 4) is 5.75 Å². The molecule has 1 aliphatic heterocycles. The molecule has 6 nitrogen and oxygen atoms in total. The van der Waals surface area contributed by atoms with Crippen LogP contribution in [0.4, 0.5) is 4.39 Å². The second kappa shape index (κ2) is 10.7. The van der Waals surface area contributed by atoms with Crippen molar-refractivity contribution < 1.29 is 19.0 Å². The highest BCUT2D eigenvalue weighted by Gasteiger charge is 2.37. The number of aromatic nitrogens is 2. The molecule has 2 heterocycles. The molecule has 0 radical (unpaired) electrons. The smallest absolute Gasteiger partial charge is 0.274 e. The number of aliphatic hydroxyl groups is 1. The summed E-state index contributed by atoms with van der Waals surface area (Å²) in [5, 5.41) is 14.7. The third kappa shape index (κ3) is 5.42. The zero-order valence-corrected chi connectivity index (χ0v) is 21.9. The summed E-state index contributed by atoms with van der Waals surface area (Å²) >= 11 is 6.31. The highest BCUT2D eigenvalue weighted by molar-refractivity contribution is 6.32. The molecule has 3 aliphatic rings. The van der Waals surface area contributed by atoms with Crippen LogP contribution in [0.3, 0.4) is 0 Å². The summed E-state index contributed by atoms with van der Waals surface area (Å²) in [5.74, 6) is 1.32. The summed E-state index contributed by atoms with van der Waals surface area (Å²) in [6.45, 7) is 3.05. The van der Waals surface area contributed by atoms with Crippen LogP contribution in [0.15, 0.2) is 18.2 Å². The van der Waals surface area contributed by atoms with E-state index in [1.807, 2.05) is 25.1 Å². The van der Waals surface area contributed by atoms with Gasteiger partial charge in [-0.05, 0) is 81.9 Å². The normalized spacial score (nSPS) is 23.5. The number of alkyl halides is 1. The number of aliphatic hydroxyl groups excluding tert-OH is 1. The minimum Gasteiger partial charge on any atom is -0.489 e. The van der Waals surface area contributed by atoms with Crippen molar-refractivity contribution in [2.24, 2.45) is 5.92 Å². The Kier molecular flexibility index (Phi) is 7.59. The lowest BCUT2D eigenvalue weighted by Gasteiger charge is -2.35. The minimum atomic E-state index is -1.56. The van der Waals surface area contributed by atoms with E-state index >= 15 is 0 Å². The Balaban J connectivity index is 1.16. The van der Waals surface area contributed by atoms with Crippen molar-refractivity contribution >= 4 is 17.5 Å². The number of nitrogens with zero attached hydrogens (tertiary/aromatic N) is 3. The van der Waals surface area contributed by atoms with E-state index in [0.29, 0.717) is 29.7 Å². The summed E-state index contributed by atoms with van der Waals surface area (Å²) in [5.41, 5.74) is 2.44. The lowest BCUT2D eigenvalue weighted by molar-refractivity contribution is 0.00965. The number of ether oxygens (including phenoxy) is 1. The van der Waals surface area contributed by atoms with E-state index in [1.165, 1.54) is 5.69 Å².